The molecule has 6 nitrogen and oxygen atoms in total. The van der Waals surface area contributed by atoms with Crippen molar-refractivity contribution in [2.45, 2.75) is 20.8 Å². The predicted octanol–water partition coefficient (Wildman–Crippen LogP) is 3.12. The maximum atomic E-state index is 11.9. The standard InChI is InChI=1S/C14H17N3O3S/c1-9(2)7-16-13(18)8-21-14(16)15-12-5-4-11(17(19)20)6-10(12)3/h4-6,9H,7-8H2,1-3H3. The third kappa shape index (κ3) is 3.60. The molecule has 0 aromatic heterocycles. The minimum atomic E-state index is -0.428. The lowest BCUT2D eigenvalue weighted by molar-refractivity contribution is -0.384. The fourth-order valence-electron chi connectivity index (χ4n) is 2.01. The molecular formula is C14H17N3O3S. The number of aryl methyl sites for hydroxylation is 1. The van der Waals surface area contributed by atoms with Gasteiger partial charge in [-0.1, -0.05) is 25.6 Å². The van der Waals surface area contributed by atoms with Crippen LogP contribution in [0.5, 0.6) is 0 Å². The van der Waals surface area contributed by atoms with Crippen molar-refractivity contribution in [2.24, 2.45) is 10.9 Å². The average Bonchev–Trinajstić information content (AvgIpc) is 2.73. The largest absolute Gasteiger partial charge is 0.290 e. The fourth-order valence-corrected chi connectivity index (χ4v) is 2.91. The third-order valence-corrected chi connectivity index (χ3v) is 3.97. The van der Waals surface area contributed by atoms with Gasteiger partial charge in [-0.15, -0.1) is 0 Å². The number of thioether (sulfide) groups is 1. The molecule has 21 heavy (non-hydrogen) atoms. The quantitative estimate of drug-likeness (QED) is 0.632. The van der Waals surface area contributed by atoms with Crippen LogP contribution >= 0.6 is 11.8 Å². The second-order valence-corrected chi connectivity index (χ2v) is 6.25. The van der Waals surface area contributed by atoms with Crippen molar-refractivity contribution in [3.05, 3.63) is 33.9 Å². The number of non-ortho nitro benzene ring substituents is 1. The first-order valence-electron chi connectivity index (χ1n) is 6.65. The van der Waals surface area contributed by atoms with Crippen LogP contribution in [0.3, 0.4) is 0 Å². The Kier molecular flexibility index (Phi) is 4.62. The average molecular weight is 307 g/mol. The van der Waals surface area contributed by atoms with Crippen LogP contribution in [0.1, 0.15) is 19.4 Å². The Hall–Kier alpha value is -1.89. The number of nitro groups is 1. The minimum absolute atomic E-state index is 0.0469. The van der Waals surface area contributed by atoms with Crippen LogP contribution in [-0.2, 0) is 4.79 Å². The number of amides is 1. The van der Waals surface area contributed by atoms with E-state index in [0.29, 0.717) is 29.1 Å². The first-order chi connectivity index (χ1) is 9.88. The number of hydrogen-bond acceptors (Lipinski definition) is 5. The fraction of sp³-hybridized carbons (Fsp3) is 0.429. The zero-order valence-electron chi connectivity index (χ0n) is 12.2. The highest BCUT2D eigenvalue weighted by Crippen LogP contribution is 2.28. The number of carbonyl (C=O) groups is 1. The third-order valence-electron chi connectivity index (χ3n) is 3.01. The molecule has 1 saturated heterocycles. The van der Waals surface area contributed by atoms with Gasteiger partial charge in [0.1, 0.15) is 0 Å². The topological polar surface area (TPSA) is 75.8 Å². The lowest BCUT2D eigenvalue weighted by atomic mass is 10.2. The number of carbonyl (C=O) groups excluding carboxylic acids is 1. The van der Waals surface area contributed by atoms with Crippen molar-refractivity contribution < 1.29 is 9.72 Å². The molecule has 0 saturated carbocycles. The van der Waals surface area contributed by atoms with Crippen molar-refractivity contribution >= 4 is 34.2 Å². The molecule has 0 radical (unpaired) electrons. The van der Waals surface area contributed by atoms with Crippen LogP contribution in [0.4, 0.5) is 11.4 Å². The van der Waals surface area contributed by atoms with Crippen molar-refractivity contribution in [3.8, 4) is 0 Å². The Morgan fingerprint density at radius 2 is 2.19 bits per heavy atom. The maximum Gasteiger partial charge on any atom is 0.269 e. The Bertz CT molecular complexity index is 613. The minimum Gasteiger partial charge on any atom is -0.290 e. The maximum absolute atomic E-state index is 11.9. The molecule has 0 atom stereocenters. The van der Waals surface area contributed by atoms with Crippen LogP contribution in [0.15, 0.2) is 23.2 Å². The van der Waals surface area contributed by atoms with Gasteiger partial charge in [-0.2, -0.15) is 0 Å². The number of aliphatic imine (C=N–C) groups is 1. The molecular weight excluding hydrogens is 290 g/mol. The van der Waals surface area contributed by atoms with Gasteiger partial charge in [-0.05, 0) is 24.5 Å². The number of benzene rings is 1. The lowest BCUT2D eigenvalue weighted by Gasteiger charge is -2.18. The number of hydrogen-bond donors (Lipinski definition) is 0. The predicted molar refractivity (Wildman–Crippen MR) is 83.9 cm³/mol. The molecule has 1 aromatic carbocycles. The van der Waals surface area contributed by atoms with Gasteiger partial charge >= 0.3 is 0 Å². The van der Waals surface area contributed by atoms with Gasteiger partial charge in [0, 0.05) is 18.7 Å². The molecule has 0 unspecified atom stereocenters. The molecule has 7 heteroatoms. The van der Waals surface area contributed by atoms with Crippen LogP contribution in [-0.4, -0.2) is 33.2 Å². The second kappa shape index (κ2) is 6.26. The summed E-state index contributed by atoms with van der Waals surface area (Å²) in [5.74, 6) is 0.820. The molecule has 1 fully saturated rings. The van der Waals surface area contributed by atoms with Crippen molar-refractivity contribution in [3.63, 3.8) is 0 Å². The van der Waals surface area contributed by atoms with Crippen LogP contribution in [0, 0.1) is 23.0 Å². The first-order valence-corrected chi connectivity index (χ1v) is 7.64. The molecule has 0 spiro atoms. The first kappa shape index (κ1) is 15.5. The van der Waals surface area contributed by atoms with E-state index in [-0.39, 0.29) is 11.6 Å². The van der Waals surface area contributed by atoms with E-state index in [0.717, 1.165) is 5.56 Å². The van der Waals surface area contributed by atoms with Gasteiger partial charge in [0.05, 0.1) is 16.4 Å². The summed E-state index contributed by atoms with van der Waals surface area (Å²) in [4.78, 5) is 28.4. The highest BCUT2D eigenvalue weighted by atomic mass is 32.2. The normalized spacial score (nSPS) is 17.0. The van der Waals surface area contributed by atoms with E-state index in [1.165, 1.54) is 23.9 Å². The van der Waals surface area contributed by atoms with E-state index in [4.69, 9.17) is 0 Å². The van der Waals surface area contributed by atoms with E-state index in [2.05, 4.69) is 4.99 Å². The summed E-state index contributed by atoms with van der Waals surface area (Å²) in [5, 5.41) is 11.4. The number of amidine groups is 1. The summed E-state index contributed by atoms with van der Waals surface area (Å²) < 4.78 is 0. The van der Waals surface area contributed by atoms with Gasteiger partial charge in [0.15, 0.2) is 5.17 Å². The SMILES string of the molecule is Cc1cc([N+](=O)[O-])ccc1N=C1SCC(=O)N1CC(C)C. The Morgan fingerprint density at radius 1 is 1.48 bits per heavy atom. The molecule has 1 aliphatic rings. The van der Waals surface area contributed by atoms with E-state index in [1.54, 1.807) is 17.9 Å². The smallest absolute Gasteiger partial charge is 0.269 e. The molecule has 1 amide bonds. The van der Waals surface area contributed by atoms with Crippen molar-refractivity contribution in [2.75, 3.05) is 12.3 Å². The summed E-state index contributed by atoms with van der Waals surface area (Å²) in [6, 6.07) is 4.55. The van der Waals surface area contributed by atoms with Gasteiger partial charge < -0.3 is 0 Å². The van der Waals surface area contributed by atoms with E-state index < -0.39 is 4.92 Å². The Labute approximate surface area is 127 Å². The van der Waals surface area contributed by atoms with Gasteiger partial charge in [0.25, 0.3) is 5.69 Å². The van der Waals surface area contributed by atoms with Crippen LogP contribution < -0.4 is 0 Å². The number of nitro benzene ring substituents is 1. The Morgan fingerprint density at radius 3 is 2.76 bits per heavy atom. The van der Waals surface area contributed by atoms with E-state index >= 15 is 0 Å². The zero-order chi connectivity index (χ0) is 15.6. The van der Waals surface area contributed by atoms with Gasteiger partial charge in [-0.25, -0.2) is 4.99 Å². The van der Waals surface area contributed by atoms with E-state index in [9.17, 15) is 14.9 Å². The molecule has 0 aliphatic carbocycles. The summed E-state index contributed by atoms with van der Waals surface area (Å²) in [6.45, 7) is 6.51. The summed E-state index contributed by atoms with van der Waals surface area (Å²) >= 11 is 1.41. The monoisotopic (exact) mass is 307 g/mol. The van der Waals surface area contributed by atoms with E-state index in [1.807, 2.05) is 13.8 Å². The number of nitrogens with zero attached hydrogens (tertiary/aromatic N) is 3. The van der Waals surface area contributed by atoms with Crippen molar-refractivity contribution in [1.82, 2.24) is 4.90 Å². The molecule has 112 valence electrons. The van der Waals surface area contributed by atoms with Gasteiger partial charge in [0.2, 0.25) is 5.91 Å². The molecule has 1 aromatic rings. The second-order valence-electron chi connectivity index (χ2n) is 5.31. The molecule has 0 N–H and O–H groups in total. The lowest BCUT2D eigenvalue weighted by Crippen LogP contribution is -2.32. The molecule has 0 bridgehead atoms. The molecule has 1 aliphatic heterocycles. The van der Waals surface area contributed by atoms with Crippen LogP contribution in [0.2, 0.25) is 0 Å². The number of rotatable bonds is 4. The highest BCUT2D eigenvalue weighted by Gasteiger charge is 2.28. The molecule has 2 rings (SSSR count). The zero-order valence-corrected chi connectivity index (χ0v) is 13.0. The highest BCUT2D eigenvalue weighted by molar-refractivity contribution is 8.15. The summed E-state index contributed by atoms with van der Waals surface area (Å²) in [7, 11) is 0. The molecule has 1 heterocycles. The van der Waals surface area contributed by atoms with Crippen molar-refractivity contribution in [1.29, 1.82) is 0 Å². The summed E-state index contributed by atoms with van der Waals surface area (Å²) in [6.07, 6.45) is 0. The summed E-state index contributed by atoms with van der Waals surface area (Å²) in [5.41, 5.74) is 1.43. The van der Waals surface area contributed by atoms with Gasteiger partial charge in [-0.3, -0.25) is 19.8 Å². The Balaban J connectivity index is 2.30. The van der Waals surface area contributed by atoms with Crippen LogP contribution in [0.25, 0.3) is 0 Å².